The minimum absolute atomic E-state index is 0.118. The van der Waals surface area contributed by atoms with Crippen molar-refractivity contribution in [2.45, 2.75) is 76.9 Å². The van der Waals surface area contributed by atoms with Crippen molar-refractivity contribution in [1.82, 2.24) is 10.2 Å². The standard InChI is InChI=1S/C34H43N3O4S/c1-27-20-22-31(23-21-27)37(42(2,40)41)24-12-19-33(38)36(26-29-15-8-4-9-16-29)32(25-28-13-6-3-7-14-28)34(39)35-30-17-10-5-11-18-30/h3-4,6-9,13-16,20-23,30,32H,5,10-12,17-19,24-26H2,1-2H3,(H,35,39)/t32-/m1/s1. The fourth-order valence-electron chi connectivity index (χ4n) is 5.59. The van der Waals surface area contributed by atoms with Gasteiger partial charge in [-0.05, 0) is 49.4 Å². The molecule has 224 valence electrons. The molecule has 8 heteroatoms. The molecule has 0 heterocycles. The molecule has 0 aromatic heterocycles. The van der Waals surface area contributed by atoms with Gasteiger partial charge in [0.15, 0.2) is 0 Å². The van der Waals surface area contributed by atoms with Gasteiger partial charge in [0, 0.05) is 32.0 Å². The van der Waals surface area contributed by atoms with Crippen molar-refractivity contribution < 1.29 is 18.0 Å². The third kappa shape index (κ3) is 9.18. The van der Waals surface area contributed by atoms with Crippen molar-refractivity contribution in [2.24, 2.45) is 0 Å². The number of anilines is 1. The first-order chi connectivity index (χ1) is 20.2. The van der Waals surface area contributed by atoms with E-state index in [0.29, 0.717) is 25.1 Å². The van der Waals surface area contributed by atoms with Crippen LogP contribution in [0.4, 0.5) is 5.69 Å². The summed E-state index contributed by atoms with van der Waals surface area (Å²) < 4.78 is 26.6. The minimum Gasteiger partial charge on any atom is -0.352 e. The highest BCUT2D eigenvalue weighted by atomic mass is 32.2. The summed E-state index contributed by atoms with van der Waals surface area (Å²) in [6, 6.07) is 26.2. The van der Waals surface area contributed by atoms with Crippen LogP contribution in [0.2, 0.25) is 0 Å². The van der Waals surface area contributed by atoms with Gasteiger partial charge < -0.3 is 10.2 Å². The molecule has 2 amide bonds. The predicted molar refractivity (Wildman–Crippen MR) is 169 cm³/mol. The van der Waals surface area contributed by atoms with Crippen molar-refractivity contribution in [2.75, 3.05) is 17.1 Å². The van der Waals surface area contributed by atoms with Crippen LogP contribution in [0.1, 0.15) is 61.6 Å². The second kappa shape index (κ2) is 15.0. The SMILES string of the molecule is Cc1ccc(N(CCCC(=O)N(Cc2ccccc2)[C@H](Cc2ccccc2)C(=O)NC2CCCCC2)S(C)(=O)=O)cc1. The number of aryl methyl sites for hydroxylation is 1. The maximum absolute atomic E-state index is 14.0. The van der Waals surface area contributed by atoms with Crippen molar-refractivity contribution in [3.63, 3.8) is 0 Å². The van der Waals surface area contributed by atoms with Crippen LogP contribution in [0, 0.1) is 6.92 Å². The average Bonchev–Trinajstić information content (AvgIpc) is 2.98. The van der Waals surface area contributed by atoms with E-state index < -0.39 is 16.1 Å². The Hall–Kier alpha value is -3.65. The van der Waals surface area contributed by atoms with Crippen LogP contribution in [-0.2, 0) is 32.6 Å². The van der Waals surface area contributed by atoms with Gasteiger partial charge in [0.25, 0.3) is 0 Å². The molecule has 3 aromatic carbocycles. The molecular formula is C34H43N3O4S. The first kappa shape index (κ1) is 31.3. The number of carbonyl (C=O) groups excluding carboxylic acids is 2. The van der Waals surface area contributed by atoms with E-state index >= 15 is 0 Å². The van der Waals surface area contributed by atoms with E-state index in [2.05, 4.69) is 5.32 Å². The highest BCUT2D eigenvalue weighted by Crippen LogP contribution is 2.22. The van der Waals surface area contributed by atoms with Gasteiger partial charge in [0.05, 0.1) is 11.9 Å². The molecule has 4 rings (SSSR count). The number of hydrogen-bond acceptors (Lipinski definition) is 4. The molecule has 0 spiro atoms. The topological polar surface area (TPSA) is 86.8 Å². The number of sulfonamides is 1. The lowest BCUT2D eigenvalue weighted by molar-refractivity contribution is -0.141. The molecule has 7 nitrogen and oxygen atoms in total. The highest BCUT2D eigenvalue weighted by molar-refractivity contribution is 7.92. The van der Waals surface area contributed by atoms with Gasteiger partial charge in [0.1, 0.15) is 6.04 Å². The zero-order chi connectivity index (χ0) is 30.0. The summed E-state index contributed by atoms with van der Waals surface area (Å²) in [5, 5.41) is 3.26. The molecule has 1 N–H and O–H groups in total. The van der Waals surface area contributed by atoms with Crippen LogP contribution >= 0.6 is 0 Å². The molecule has 1 fully saturated rings. The molecule has 0 unspecified atom stereocenters. The Morgan fingerprint density at radius 3 is 2.05 bits per heavy atom. The Kier molecular flexibility index (Phi) is 11.2. The Labute approximate surface area is 251 Å². The normalized spacial score (nSPS) is 14.6. The van der Waals surface area contributed by atoms with E-state index in [9.17, 15) is 18.0 Å². The second-order valence-corrected chi connectivity index (χ2v) is 13.2. The molecule has 0 bridgehead atoms. The zero-order valence-corrected chi connectivity index (χ0v) is 25.6. The van der Waals surface area contributed by atoms with E-state index in [1.165, 1.54) is 17.0 Å². The lowest BCUT2D eigenvalue weighted by atomic mass is 9.94. The minimum atomic E-state index is -3.54. The summed E-state index contributed by atoms with van der Waals surface area (Å²) >= 11 is 0. The van der Waals surface area contributed by atoms with Gasteiger partial charge in [-0.15, -0.1) is 0 Å². The predicted octanol–water partition coefficient (Wildman–Crippen LogP) is 5.63. The summed E-state index contributed by atoms with van der Waals surface area (Å²) in [6.45, 7) is 2.41. The molecular weight excluding hydrogens is 546 g/mol. The number of rotatable bonds is 13. The zero-order valence-electron chi connectivity index (χ0n) is 24.7. The average molecular weight is 590 g/mol. The Morgan fingerprint density at radius 2 is 1.45 bits per heavy atom. The van der Waals surface area contributed by atoms with Gasteiger partial charge in [-0.1, -0.05) is 97.6 Å². The smallest absolute Gasteiger partial charge is 0.243 e. The van der Waals surface area contributed by atoms with Gasteiger partial charge in [-0.2, -0.15) is 0 Å². The van der Waals surface area contributed by atoms with Crippen LogP contribution in [0.15, 0.2) is 84.9 Å². The molecule has 1 atom stereocenters. The van der Waals surface area contributed by atoms with E-state index in [-0.39, 0.29) is 30.8 Å². The summed E-state index contributed by atoms with van der Waals surface area (Å²) in [4.78, 5) is 29.5. The fraction of sp³-hybridized carbons (Fsp3) is 0.412. The maximum Gasteiger partial charge on any atom is 0.243 e. The van der Waals surface area contributed by atoms with Crippen molar-refractivity contribution in [1.29, 1.82) is 0 Å². The second-order valence-electron chi connectivity index (χ2n) is 11.3. The largest absolute Gasteiger partial charge is 0.352 e. The van der Waals surface area contributed by atoms with Gasteiger partial charge in [-0.25, -0.2) is 8.42 Å². The van der Waals surface area contributed by atoms with E-state index in [0.717, 1.165) is 42.4 Å². The van der Waals surface area contributed by atoms with Gasteiger partial charge in [-0.3, -0.25) is 13.9 Å². The Morgan fingerprint density at radius 1 is 0.857 bits per heavy atom. The van der Waals surface area contributed by atoms with Crippen LogP contribution in [0.25, 0.3) is 0 Å². The molecule has 1 aliphatic carbocycles. The summed E-state index contributed by atoms with van der Waals surface area (Å²) in [6.07, 6.45) is 7.31. The molecule has 0 radical (unpaired) electrons. The molecule has 0 saturated heterocycles. The van der Waals surface area contributed by atoms with E-state index in [4.69, 9.17) is 0 Å². The third-order valence-electron chi connectivity index (χ3n) is 7.89. The number of benzene rings is 3. The van der Waals surface area contributed by atoms with Crippen LogP contribution in [0.5, 0.6) is 0 Å². The molecule has 42 heavy (non-hydrogen) atoms. The number of nitrogens with one attached hydrogen (secondary N) is 1. The lowest BCUT2D eigenvalue weighted by Gasteiger charge is -2.34. The van der Waals surface area contributed by atoms with Crippen molar-refractivity contribution in [3.8, 4) is 0 Å². The molecule has 3 aromatic rings. The number of amides is 2. The lowest BCUT2D eigenvalue weighted by Crippen LogP contribution is -2.52. The number of carbonyl (C=O) groups is 2. The molecule has 0 aliphatic heterocycles. The van der Waals surface area contributed by atoms with Crippen molar-refractivity contribution in [3.05, 3.63) is 102 Å². The number of nitrogens with zero attached hydrogens (tertiary/aromatic N) is 2. The monoisotopic (exact) mass is 589 g/mol. The van der Waals surface area contributed by atoms with Crippen LogP contribution in [0.3, 0.4) is 0 Å². The quantitative estimate of drug-likeness (QED) is 0.280. The number of hydrogen-bond donors (Lipinski definition) is 1. The first-order valence-electron chi connectivity index (χ1n) is 14.9. The van der Waals surface area contributed by atoms with Gasteiger partial charge in [0.2, 0.25) is 21.8 Å². The third-order valence-corrected chi connectivity index (χ3v) is 9.09. The summed E-state index contributed by atoms with van der Waals surface area (Å²) in [7, 11) is -3.54. The fourth-order valence-corrected chi connectivity index (χ4v) is 6.56. The van der Waals surface area contributed by atoms with E-state index in [1.807, 2.05) is 79.7 Å². The molecule has 1 aliphatic rings. The van der Waals surface area contributed by atoms with E-state index in [1.54, 1.807) is 17.0 Å². The maximum atomic E-state index is 14.0. The van der Waals surface area contributed by atoms with Crippen LogP contribution < -0.4 is 9.62 Å². The Bertz CT molecular complexity index is 1390. The Balaban J connectivity index is 1.56. The van der Waals surface area contributed by atoms with Crippen molar-refractivity contribution >= 4 is 27.5 Å². The van der Waals surface area contributed by atoms with Gasteiger partial charge >= 0.3 is 0 Å². The summed E-state index contributed by atoms with van der Waals surface area (Å²) in [5.41, 5.74) is 3.53. The highest BCUT2D eigenvalue weighted by Gasteiger charge is 2.32. The summed E-state index contributed by atoms with van der Waals surface area (Å²) in [5.74, 6) is -0.302. The molecule has 1 saturated carbocycles. The van der Waals surface area contributed by atoms with Crippen LogP contribution in [-0.4, -0.2) is 50.0 Å². The first-order valence-corrected chi connectivity index (χ1v) is 16.8.